The molecular weight excluding hydrogens is 463 g/mol. The van der Waals surface area contributed by atoms with Gasteiger partial charge in [0.15, 0.2) is 11.2 Å². The molecule has 0 aliphatic rings. The number of carboxylic acids is 1. The molecule has 0 aliphatic carbocycles. The van der Waals surface area contributed by atoms with E-state index >= 15 is 0 Å². The number of carboxylic acid groups (broad SMARTS) is 1. The van der Waals surface area contributed by atoms with Crippen LogP contribution in [0.4, 0.5) is 5.95 Å². The van der Waals surface area contributed by atoms with Crippen molar-refractivity contribution >= 4 is 30.6 Å². The molecule has 0 fully saturated rings. The number of nitrogen functional groups attached to an aromatic ring is 1. The van der Waals surface area contributed by atoms with E-state index in [9.17, 15) is 14.5 Å². The van der Waals surface area contributed by atoms with E-state index in [2.05, 4.69) is 20.0 Å². The Hall–Kier alpha value is -3.05. The molecule has 184 valence electrons. The van der Waals surface area contributed by atoms with Gasteiger partial charge in [0.1, 0.15) is 11.9 Å². The summed E-state index contributed by atoms with van der Waals surface area (Å²) in [6, 6.07) is 9.18. The maximum atomic E-state index is 13.6. The zero-order chi connectivity index (χ0) is 24.8. The Morgan fingerprint density at radius 1 is 1.29 bits per heavy atom. The summed E-state index contributed by atoms with van der Waals surface area (Å²) in [5, 5.41) is 12.3. The first-order valence-corrected chi connectivity index (χ1v) is 12.4. The molecule has 34 heavy (non-hydrogen) atoms. The summed E-state index contributed by atoms with van der Waals surface area (Å²) >= 11 is 0. The van der Waals surface area contributed by atoms with Crippen LogP contribution in [0.1, 0.15) is 25.8 Å². The minimum absolute atomic E-state index is 0.0377. The van der Waals surface area contributed by atoms with E-state index in [0.29, 0.717) is 17.7 Å². The monoisotopic (exact) mass is 492 g/mol. The molecule has 3 aromatic rings. The van der Waals surface area contributed by atoms with Crippen molar-refractivity contribution in [3.8, 4) is 5.88 Å². The average Bonchev–Trinajstić information content (AvgIpc) is 3.23. The number of carbonyl (C=O) groups is 1. The third-order valence-corrected chi connectivity index (χ3v) is 7.16. The Balaban J connectivity index is 1.69. The van der Waals surface area contributed by atoms with Crippen LogP contribution in [-0.2, 0) is 31.8 Å². The van der Waals surface area contributed by atoms with Crippen LogP contribution in [0.15, 0.2) is 36.7 Å². The number of aliphatic carboxylic acids is 1. The van der Waals surface area contributed by atoms with E-state index in [1.54, 1.807) is 17.8 Å². The Morgan fingerprint density at radius 2 is 2.03 bits per heavy atom. The Labute approximate surface area is 197 Å². The number of methoxy groups -OCH3 is 1. The zero-order valence-electron chi connectivity index (χ0n) is 19.3. The van der Waals surface area contributed by atoms with Crippen LogP contribution in [0.5, 0.6) is 5.88 Å². The van der Waals surface area contributed by atoms with Crippen LogP contribution in [-0.4, -0.2) is 56.2 Å². The van der Waals surface area contributed by atoms with Gasteiger partial charge in [0.05, 0.1) is 26.7 Å². The summed E-state index contributed by atoms with van der Waals surface area (Å²) in [4.78, 5) is 24.2. The number of ether oxygens (including phenoxy) is 2. The van der Waals surface area contributed by atoms with Crippen LogP contribution in [0.3, 0.4) is 0 Å². The lowest BCUT2D eigenvalue weighted by atomic mass is 10.0. The molecule has 0 saturated carbocycles. The molecule has 0 aliphatic heterocycles. The van der Waals surface area contributed by atoms with E-state index in [0.717, 1.165) is 5.56 Å². The number of rotatable bonds is 13. The Kier molecular flexibility index (Phi) is 8.21. The van der Waals surface area contributed by atoms with E-state index in [1.165, 1.54) is 14.0 Å². The summed E-state index contributed by atoms with van der Waals surface area (Å²) in [7, 11) is -2.23. The second-order valence-electron chi connectivity index (χ2n) is 7.77. The molecule has 2 unspecified atom stereocenters. The second kappa shape index (κ2) is 10.9. The number of nitrogens with zero attached hydrogens (tertiary/aromatic N) is 4. The summed E-state index contributed by atoms with van der Waals surface area (Å²) in [5.41, 5.74) is 6.02. The van der Waals surface area contributed by atoms with Gasteiger partial charge in [-0.2, -0.15) is 9.97 Å². The lowest BCUT2D eigenvalue weighted by Crippen LogP contribution is -2.47. The second-order valence-corrected chi connectivity index (χ2v) is 9.86. The normalized spacial score (nSPS) is 15.0. The van der Waals surface area contributed by atoms with Gasteiger partial charge in [-0.1, -0.05) is 37.3 Å². The molecule has 13 heteroatoms. The van der Waals surface area contributed by atoms with Crippen molar-refractivity contribution in [2.45, 2.75) is 39.0 Å². The Morgan fingerprint density at radius 3 is 2.68 bits per heavy atom. The molecule has 2 atom stereocenters. The fourth-order valence-corrected chi connectivity index (χ4v) is 5.03. The predicted molar refractivity (Wildman–Crippen MR) is 125 cm³/mol. The highest BCUT2D eigenvalue weighted by Crippen LogP contribution is 2.46. The maximum Gasteiger partial charge on any atom is 0.324 e. The highest BCUT2D eigenvalue weighted by atomic mass is 31.2. The smallest absolute Gasteiger partial charge is 0.324 e. The van der Waals surface area contributed by atoms with E-state index < -0.39 is 19.0 Å². The van der Waals surface area contributed by atoms with Crippen molar-refractivity contribution in [1.82, 2.24) is 24.6 Å². The standard InChI is InChI=1S/C21H29N6O6P/c1-4-21(2,19(28)29)26-34(30,33-12-15-8-6-5-7-9-15)14-32-11-10-27-13-23-16-17(27)24-20(22)25-18(16)31-3/h5-9,13H,4,10-12,14H2,1-3H3,(H,26,30)(H,28,29)(H2,22,24,25). The topological polar surface area (TPSA) is 164 Å². The first-order valence-electron chi connectivity index (χ1n) is 10.6. The minimum Gasteiger partial charge on any atom is -0.480 e. The molecule has 4 N–H and O–H groups in total. The highest BCUT2D eigenvalue weighted by Gasteiger charge is 2.39. The maximum absolute atomic E-state index is 13.6. The molecule has 3 rings (SSSR count). The third kappa shape index (κ3) is 6.09. The van der Waals surface area contributed by atoms with E-state index in [1.807, 2.05) is 30.3 Å². The van der Waals surface area contributed by atoms with Crippen LogP contribution < -0.4 is 15.6 Å². The fourth-order valence-electron chi connectivity index (χ4n) is 3.10. The Bertz CT molecular complexity index is 1170. The molecule has 0 bridgehead atoms. The van der Waals surface area contributed by atoms with Gasteiger partial charge in [0.2, 0.25) is 11.8 Å². The first-order chi connectivity index (χ1) is 16.2. The molecule has 0 radical (unpaired) electrons. The number of imidazole rings is 1. The number of nitrogens with two attached hydrogens (primary N) is 1. The molecule has 12 nitrogen and oxygen atoms in total. The number of aromatic nitrogens is 4. The molecule has 0 amide bonds. The van der Waals surface area contributed by atoms with Crippen LogP contribution in [0.25, 0.3) is 11.2 Å². The number of anilines is 1. The van der Waals surface area contributed by atoms with Gasteiger partial charge in [-0.05, 0) is 18.9 Å². The van der Waals surface area contributed by atoms with Gasteiger partial charge < -0.3 is 29.4 Å². The fraction of sp³-hybridized carbons (Fsp3) is 0.429. The number of benzene rings is 1. The average molecular weight is 492 g/mol. The number of fused-ring (bicyclic) bond motifs is 1. The largest absolute Gasteiger partial charge is 0.480 e. The minimum atomic E-state index is -3.70. The summed E-state index contributed by atoms with van der Waals surface area (Å²) in [5.74, 6) is -0.824. The summed E-state index contributed by atoms with van der Waals surface area (Å²) in [6.45, 7) is 3.64. The molecule has 2 heterocycles. The molecule has 1 aromatic carbocycles. The van der Waals surface area contributed by atoms with Crippen LogP contribution in [0.2, 0.25) is 0 Å². The van der Waals surface area contributed by atoms with Crippen molar-refractivity contribution in [2.75, 3.05) is 25.8 Å². The molecular formula is C21H29N6O6P. The van der Waals surface area contributed by atoms with E-state index in [4.69, 9.17) is 19.7 Å². The summed E-state index contributed by atoms with van der Waals surface area (Å²) in [6.07, 6.45) is 1.42. The van der Waals surface area contributed by atoms with Crippen molar-refractivity contribution in [3.63, 3.8) is 0 Å². The summed E-state index contributed by atoms with van der Waals surface area (Å²) < 4.78 is 31.8. The van der Waals surface area contributed by atoms with Gasteiger partial charge in [-0.3, -0.25) is 9.36 Å². The zero-order valence-corrected chi connectivity index (χ0v) is 20.2. The van der Waals surface area contributed by atoms with Crippen molar-refractivity contribution in [1.29, 1.82) is 0 Å². The lowest BCUT2D eigenvalue weighted by Gasteiger charge is -2.30. The van der Waals surface area contributed by atoms with Crippen molar-refractivity contribution in [2.24, 2.45) is 0 Å². The number of nitrogens with one attached hydrogen (secondary N) is 1. The molecule has 0 spiro atoms. The SMILES string of the molecule is CCC(C)(NP(=O)(COCCn1cnc2c(OC)nc(N)nc21)OCc1ccccc1)C(=O)O. The van der Waals surface area contributed by atoms with Gasteiger partial charge >= 0.3 is 5.97 Å². The quantitative estimate of drug-likeness (QED) is 0.237. The number of hydrogen-bond donors (Lipinski definition) is 3. The van der Waals surface area contributed by atoms with Gasteiger partial charge in [0.25, 0.3) is 7.52 Å². The van der Waals surface area contributed by atoms with Crippen molar-refractivity contribution in [3.05, 3.63) is 42.2 Å². The molecule has 2 aromatic heterocycles. The van der Waals surface area contributed by atoms with Gasteiger partial charge in [-0.25, -0.2) is 10.1 Å². The van der Waals surface area contributed by atoms with Gasteiger partial charge in [-0.15, -0.1) is 0 Å². The predicted octanol–water partition coefficient (Wildman–Crippen LogP) is 2.64. The third-order valence-electron chi connectivity index (χ3n) is 5.26. The van der Waals surface area contributed by atoms with E-state index in [-0.39, 0.29) is 37.8 Å². The highest BCUT2D eigenvalue weighted by molar-refractivity contribution is 7.56. The molecule has 0 saturated heterocycles. The first kappa shape index (κ1) is 25.6. The number of hydrogen-bond acceptors (Lipinski definition) is 9. The van der Waals surface area contributed by atoms with Crippen molar-refractivity contribution < 1.29 is 28.5 Å². The lowest BCUT2D eigenvalue weighted by molar-refractivity contribution is -0.143. The van der Waals surface area contributed by atoms with Gasteiger partial charge in [0, 0.05) is 6.54 Å². The van der Waals surface area contributed by atoms with Crippen LogP contribution in [0, 0.1) is 0 Å². The van der Waals surface area contributed by atoms with Crippen LogP contribution >= 0.6 is 7.52 Å².